The van der Waals surface area contributed by atoms with Gasteiger partial charge in [-0.3, -0.25) is 4.79 Å². The van der Waals surface area contributed by atoms with Gasteiger partial charge in [0.25, 0.3) is 0 Å². The van der Waals surface area contributed by atoms with Gasteiger partial charge in [-0.1, -0.05) is 29.8 Å². The Balaban J connectivity index is 2.05. The fraction of sp³-hybridized carbons (Fsp3) is 0.188. The maximum Gasteiger partial charge on any atom is 0.339 e. The minimum absolute atomic E-state index is 0.227. The molecule has 0 fully saturated rings. The van der Waals surface area contributed by atoms with E-state index in [0.29, 0.717) is 10.3 Å². The molecule has 0 aliphatic heterocycles. The maximum absolute atomic E-state index is 12.1. The Hall–Kier alpha value is -2.69. The molecule has 0 bridgehead atoms. The monoisotopic (exact) mass is 285 g/mol. The Bertz CT molecular complexity index is 647. The normalized spacial score (nSPS) is 11.7. The summed E-state index contributed by atoms with van der Waals surface area (Å²) in [5, 5.41) is 10.9. The average molecular weight is 285 g/mol. The van der Waals surface area contributed by atoms with Gasteiger partial charge in [0.2, 0.25) is 5.78 Å². The summed E-state index contributed by atoms with van der Waals surface area (Å²) in [5.41, 5.74) is 1.77. The molecular formula is C16H15NO4. The molecule has 0 radical (unpaired) electrons. The number of hydrogen-bond acceptors (Lipinski definition) is 4. The zero-order chi connectivity index (χ0) is 15.4. The number of aryl methyl sites for hydroxylation is 1. The lowest BCUT2D eigenvalue weighted by molar-refractivity contribution is -0.605. The molecule has 2 aromatic rings. The SMILES string of the molecule is Cc1ccc(C(=O)[C@H](C)OC(=O)c2cc[n+]([O-])cc2)cc1. The van der Waals surface area contributed by atoms with Gasteiger partial charge in [0, 0.05) is 17.7 Å². The zero-order valence-corrected chi connectivity index (χ0v) is 11.8. The first-order valence-electron chi connectivity index (χ1n) is 6.48. The molecule has 1 heterocycles. The van der Waals surface area contributed by atoms with Gasteiger partial charge in [-0.15, -0.1) is 0 Å². The highest BCUT2D eigenvalue weighted by molar-refractivity contribution is 6.01. The Labute approximate surface area is 122 Å². The summed E-state index contributed by atoms with van der Waals surface area (Å²) in [5.74, 6) is -0.901. The molecular weight excluding hydrogens is 270 g/mol. The van der Waals surface area contributed by atoms with Crippen LogP contribution in [-0.2, 0) is 4.74 Å². The summed E-state index contributed by atoms with van der Waals surface area (Å²) in [6.07, 6.45) is 1.51. The van der Waals surface area contributed by atoms with Crippen molar-refractivity contribution in [1.29, 1.82) is 0 Å². The second kappa shape index (κ2) is 6.17. The predicted molar refractivity (Wildman–Crippen MR) is 75.8 cm³/mol. The van der Waals surface area contributed by atoms with Crippen molar-refractivity contribution in [2.75, 3.05) is 0 Å². The van der Waals surface area contributed by atoms with E-state index in [-0.39, 0.29) is 11.3 Å². The highest BCUT2D eigenvalue weighted by Gasteiger charge is 2.20. The second-order valence-corrected chi connectivity index (χ2v) is 4.72. The van der Waals surface area contributed by atoms with Gasteiger partial charge in [-0.25, -0.2) is 4.79 Å². The van der Waals surface area contributed by atoms with Crippen LogP contribution in [0.2, 0.25) is 0 Å². The van der Waals surface area contributed by atoms with E-state index in [2.05, 4.69) is 0 Å². The van der Waals surface area contributed by atoms with Crippen molar-refractivity contribution in [3.63, 3.8) is 0 Å². The van der Waals surface area contributed by atoms with Crippen LogP contribution in [0.25, 0.3) is 0 Å². The number of aromatic nitrogens is 1. The van der Waals surface area contributed by atoms with Crippen LogP contribution < -0.4 is 4.73 Å². The van der Waals surface area contributed by atoms with Crippen molar-refractivity contribution in [3.05, 3.63) is 70.7 Å². The molecule has 0 amide bonds. The number of rotatable bonds is 4. The van der Waals surface area contributed by atoms with Crippen molar-refractivity contribution in [1.82, 2.24) is 0 Å². The third-order valence-corrected chi connectivity index (χ3v) is 3.03. The average Bonchev–Trinajstić information content (AvgIpc) is 2.47. The zero-order valence-electron chi connectivity index (χ0n) is 11.8. The van der Waals surface area contributed by atoms with E-state index in [1.54, 1.807) is 12.1 Å². The lowest BCUT2D eigenvalue weighted by atomic mass is 10.1. The smallest absolute Gasteiger partial charge is 0.339 e. The quantitative estimate of drug-likeness (QED) is 0.373. The Morgan fingerprint density at radius 1 is 1.05 bits per heavy atom. The summed E-state index contributed by atoms with van der Waals surface area (Å²) in [6.45, 7) is 3.45. The number of Topliss-reactive ketones (excluding diaryl/α,β-unsaturated/α-hetero) is 1. The third kappa shape index (κ3) is 3.66. The van der Waals surface area contributed by atoms with Crippen LogP contribution in [0.1, 0.15) is 33.2 Å². The number of hydrogen-bond donors (Lipinski definition) is 0. The number of carbonyl (C=O) groups is 2. The van der Waals surface area contributed by atoms with Gasteiger partial charge in [0.05, 0.1) is 5.56 Å². The third-order valence-electron chi connectivity index (χ3n) is 3.03. The fourth-order valence-electron chi connectivity index (χ4n) is 1.78. The molecule has 2 rings (SSSR count). The van der Waals surface area contributed by atoms with E-state index >= 15 is 0 Å². The molecule has 0 unspecified atom stereocenters. The number of ketones is 1. The number of ether oxygens (including phenoxy) is 1. The van der Waals surface area contributed by atoms with Crippen molar-refractivity contribution in [2.45, 2.75) is 20.0 Å². The molecule has 0 aliphatic carbocycles. The molecule has 0 saturated heterocycles. The standard InChI is InChI=1S/C16H15NO4/c1-11-3-5-13(6-4-11)15(18)12(2)21-16(19)14-7-9-17(20)10-8-14/h3-10,12H,1-2H3/t12-/m0/s1. The molecule has 0 spiro atoms. The number of esters is 1. The van der Waals surface area contributed by atoms with E-state index in [9.17, 15) is 14.8 Å². The van der Waals surface area contributed by atoms with Crippen molar-refractivity contribution in [3.8, 4) is 0 Å². The van der Waals surface area contributed by atoms with Gasteiger partial charge in [-0.2, -0.15) is 4.73 Å². The van der Waals surface area contributed by atoms with E-state index in [1.165, 1.54) is 31.5 Å². The van der Waals surface area contributed by atoms with Gasteiger partial charge in [0.1, 0.15) is 0 Å². The number of benzene rings is 1. The molecule has 5 nitrogen and oxygen atoms in total. The van der Waals surface area contributed by atoms with Gasteiger partial charge < -0.3 is 9.94 Å². The van der Waals surface area contributed by atoms with Crippen LogP contribution in [0, 0.1) is 12.1 Å². The highest BCUT2D eigenvalue weighted by atomic mass is 16.5. The molecule has 1 aromatic carbocycles. The topological polar surface area (TPSA) is 70.3 Å². The minimum Gasteiger partial charge on any atom is -0.619 e. The number of carbonyl (C=O) groups excluding carboxylic acids is 2. The summed E-state index contributed by atoms with van der Waals surface area (Å²) in [6, 6.07) is 9.74. The molecule has 0 N–H and O–H groups in total. The lowest BCUT2D eigenvalue weighted by Gasteiger charge is -2.12. The van der Waals surface area contributed by atoms with Crippen LogP contribution in [0.15, 0.2) is 48.8 Å². The first-order chi connectivity index (χ1) is 9.97. The Morgan fingerprint density at radius 3 is 2.19 bits per heavy atom. The molecule has 5 heteroatoms. The fourth-order valence-corrected chi connectivity index (χ4v) is 1.78. The van der Waals surface area contributed by atoms with E-state index in [0.717, 1.165) is 5.56 Å². The van der Waals surface area contributed by atoms with Crippen LogP contribution in [-0.4, -0.2) is 17.9 Å². The summed E-state index contributed by atoms with van der Waals surface area (Å²) in [7, 11) is 0. The predicted octanol–water partition coefficient (Wildman–Crippen LogP) is 2.06. The summed E-state index contributed by atoms with van der Waals surface area (Å²) in [4.78, 5) is 24.0. The molecule has 0 aliphatic rings. The van der Waals surface area contributed by atoms with Crippen molar-refractivity contribution < 1.29 is 19.1 Å². The Kier molecular flexibility index (Phi) is 4.33. The summed E-state index contributed by atoms with van der Waals surface area (Å²) >= 11 is 0. The molecule has 1 atom stereocenters. The summed E-state index contributed by atoms with van der Waals surface area (Å²) < 4.78 is 5.69. The van der Waals surface area contributed by atoms with Crippen LogP contribution in [0.4, 0.5) is 0 Å². The highest BCUT2D eigenvalue weighted by Crippen LogP contribution is 2.10. The Morgan fingerprint density at radius 2 is 1.62 bits per heavy atom. The van der Waals surface area contributed by atoms with Crippen molar-refractivity contribution in [2.24, 2.45) is 0 Å². The van der Waals surface area contributed by atoms with E-state index in [4.69, 9.17) is 4.74 Å². The molecule has 1 aromatic heterocycles. The molecule has 0 saturated carbocycles. The van der Waals surface area contributed by atoms with Gasteiger partial charge >= 0.3 is 5.97 Å². The number of nitrogens with zero attached hydrogens (tertiary/aromatic N) is 1. The second-order valence-electron chi connectivity index (χ2n) is 4.72. The molecule has 108 valence electrons. The van der Waals surface area contributed by atoms with Gasteiger partial charge in [-0.05, 0) is 13.8 Å². The first-order valence-corrected chi connectivity index (χ1v) is 6.48. The maximum atomic E-state index is 12.1. The van der Waals surface area contributed by atoms with Crippen molar-refractivity contribution >= 4 is 11.8 Å². The largest absolute Gasteiger partial charge is 0.619 e. The van der Waals surface area contributed by atoms with Crippen LogP contribution >= 0.6 is 0 Å². The first kappa shape index (κ1) is 14.7. The van der Waals surface area contributed by atoms with E-state index in [1.807, 2.05) is 19.1 Å². The van der Waals surface area contributed by atoms with Gasteiger partial charge in [0.15, 0.2) is 18.5 Å². The lowest BCUT2D eigenvalue weighted by Crippen LogP contribution is -2.27. The number of pyridine rings is 1. The van der Waals surface area contributed by atoms with Crippen LogP contribution in [0.5, 0.6) is 0 Å². The van der Waals surface area contributed by atoms with E-state index < -0.39 is 12.1 Å². The van der Waals surface area contributed by atoms with Crippen LogP contribution in [0.3, 0.4) is 0 Å². The molecule has 21 heavy (non-hydrogen) atoms. The minimum atomic E-state index is -0.889.